The minimum absolute atomic E-state index is 0.0759. The third-order valence-corrected chi connectivity index (χ3v) is 3.59. The Balaban J connectivity index is 2.24. The van der Waals surface area contributed by atoms with Crippen LogP contribution < -0.4 is 5.32 Å². The van der Waals surface area contributed by atoms with E-state index in [0.717, 1.165) is 37.7 Å². The smallest absolute Gasteiger partial charge is 0.225 e. The van der Waals surface area contributed by atoms with E-state index in [-0.39, 0.29) is 17.2 Å². The van der Waals surface area contributed by atoms with Crippen molar-refractivity contribution in [2.75, 3.05) is 25.1 Å². The van der Waals surface area contributed by atoms with Crippen LogP contribution in [0, 0.1) is 11.3 Å². The Morgan fingerprint density at radius 3 is 2.88 bits per heavy atom. The Bertz CT molecular complexity index is 225. The number of rotatable bonds is 6. The van der Waals surface area contributed by atoms with Gasteiger partial charge in [0.05, 0.1) is 12.5 Å². The van der Waals surface area contributed by atoms with Gasteiger partial charge in [-0.25, -0.2) is 0 Å². The molecule has 1 aliphatic rings. The monoisotopic (exact) mass is 291 g/mol. The minimum atomic E-state index is 0.0759. The number of alkyl halides is 1. The number of ether oxygens (including phenoxy) is 1. The van der Waals surface area contributed by atoms with E-state index >= 15 is 0 Å². The van der Waals surface area contributed by atoms with Gasteiger partial charge in [-0.1, -0.05) is 29.8 Å². The van der Waals surface area contributed by atoms with Crippen molar-refractivity contribution in [3.8, 4) is 0 Å². The van der Waals surface area contributed by atoms with Crippen molar-refractivity contribution in [2.24, 2.45) is 11.3 Å². The lowest BCUT2D eigenvalue weighted by Gasteiger charge is -2.25. The molecule has 0 bridgehead atoms. The highest BCUT2D eigenvalue weighted by atomic mass is 79.9. The van der Waals surface area contributed by atoms with E-state index in [1.807, 2.05) is 0 Å². The van der Waals surface area contributed by atoms with Crippen LogP contribution >= 0.6 is 15.9 Å². The summed E-state index contributed by atoms with van der Waals surface area (Å²) in [6.07, 6.45) is 3.14. The van der Waals surface area contributed by atoms with Crippen LogP contribution in [-0.4, -0.2) is 31.0 Å². The summed E-state index contributed by atoms with van der Waals surface area (Å²) in [6.45, 7) is 6.47. The van der Waals surface area contributed by atoms with E-state index in [2.05, 4.69) is 35.1 Å². The van der Waals surface area contributed by atoms with Crippen LogP contribution in [-0.2, 0) is 9.53 Å². The van der Waals surface area contributed by atoms with E-state index < -0.39 is 0 Å². The molecular weight excluding hydrogens is 270 g/mol. The zero-order valence-electron chi connectivity index (χ0n) is 10.2. The largest absolute Gasteiger partial charge is 0.381 e. The molecule has 1 heterocycles. The summed E-state index contributed by atoms with van der Waals surface area (Å²) in [7, 11) is 0. The first-order valence-corrected chi connectivity index (χ1v) is 7.09. The first-order chi connectivity index (χ1) is 7.55. The summed E-state index contributed by atoms with van der Waals surface area (Å²) in [5, 5.41) is 4.07. The molecule has 4 heteroatoms. The number of amides is 1. The number of carbonyl (C=O) groups excluding carboxylic acids is 1. The molecule has 0 aliphatic carbocycles. The quantitative estimate of drug-likeness (QED) is 0.763. The van der Waals surface area contributed by atoms with Crippen LogP contribution in [0.4, 0.5) is 0 Å². The second kappa shape index (κ2) is 6.60. The lowest BCUT2D eigenvalue weighted by atomic mass is 9.88. The molecule has 1 aliphatic heterocycles. The Labute approximate surface area is 106 Å². The SMILES string of the molecule is CC(C)(CCCBr)CNC(=O)C1CCOC1. The first-order valence-electron chi connectivity index (χ1n) is 5.96. The summed E-state index contributed by atoms with van der Waals surface area (Å²) < 4.78 is 5.21. The van der Waals surface area contributed by atoms with Crippen LogP contribution in [0.15, 0.2) is 0 Å². The Morgan fingerprint density at radius 2 is 2.31 bits per heavy atom. The fraction of sp³-hybridized carbons (Fsp3) is 0.917. The summed E-state index contributed by atoms with van der Waals surface area (Å²) in [5.74, 6) is 0.233. The number of halogens is 1. The van der Waals surface area contributed by atoms with Crippen LogP contribution in [0.5, 0.6) is 0 Å². The molecule has 3 nitrogen and oxygen atoms in total. The molecular formula is C12H22BrNO2. The lowest BCUT2D eigenvalue weighted by Crippen LogP contribution is -2.38. The van der Waals surface area contributed by atoms with Crippen molar-refractivity contribution >= 4 is 21.8 Å². The van der Waals surface area contributed by atoms with Crippen LogP contribution in [0.25, 0.3) is 0 Å². The molecule has 1 amide bonds. The van der Waals surface area contributed by atoms with Crippen molar-refractivity contribution in [1.29, 1.82) is 0 Å². The van der Waals surface area contributed by atoms with Gasteiger partial charge in [0.15, 0.2) is 0 Å². The summed E-state index contributed by atoms with van der Waals surface area (Å²) in [4.78, 5) is 11.8. The normalized spacial score (nSPS) is 21.1. The molecule has 1 atom stereocenters. The molecule has 16 heavy (non-hydrogen) atoms. The maximum Gasteiger partial charge on any atom is 0.225 e. The topological polar surface area (TPSA) is 38.3 Å². The molecule has 0 aromatic rings. The van der Waals surface area contributed by atoms with Gasteiger partial charge in [-0.3, -0.25) is 4.79 Å². The van der Waals surface area contributed by atoms with Gasteiger partial charge in [-0.05, 0) is 24.7 Å². The van der Waals surface area contributed by atoms with E-state index in [0.29, 0.717) is 6.61 Å². The molecule has 0 radical (unpaired) electrons. The van der Waals surface area contributed by atoms with Gasteiger partial charge in [0.1, 0.15) is 0 Å². The van der Waals surface area contributed by atoms with Crippen molar-refractivity contribution < 1.29 is 9.53 Å². The highest BCUT2D eigenvalue weighted by Crippen LogP contribution is 2.22. The number of nitrogens with one attached hydrogen (secondary N) is 1. The average molecular weight is 292 g/mol. The highest BCUT2D eigenvalue weighted by molar-refractivity contribution is 9.09. The summed E-state index contributed by atoms with van der Waals surface area (Å²) in [5.41, 5.74) is 0.183. The molecule has 0 spiro atoms. The zero-order chi connectivity index (χ0) is 12.0. The minimum Gasteiger partial charge on any atom is -0.381 e. The third-order valence-electron chi connectivity index (χ3n) is 3.03. The molecule has 0 saturated carbocycles. The van der Waals surface area contributed by atoms with Gasteiger partial charge >= 0.3 is 0 Å². The van der Waals surface area contributed by atoms with E-state index in [1.165, 1.54) is 0 Å². The second-order valence-electron chi connectivity index (χ2n) is 5.24. The van der Waals surface area contributed by atoms with Crippen molar-refractivity contribution in [2.45, 2.75) is 33.1 Å². The number of hydrogen-bond acceptors (Lipinski definition) is 2. The lowest BCUT2D eigenvalue weighted by molar-refractivity contribution is -0.125. The molecule has 1 unspecified atom stereocenters. The molecule has 1 N–H and O–H groups in total. The van der Waals surface area contributed by atoms with Gasteiger partial charge in [-0.2, -0.15) is 0 Å². The third kappa shape index (κ3) is 4.83. The van der Waals surface area contributed by atoms with Gasteiger partial charge in [-0.15, -0.1) is 0 Å². The predicted octanol–water partition coefficient (Wildman–Crippen LogP) is 2.34. The van der Waals surface area contributed by atoms with E-state index in [4.69, 9.17) is 4.74 Å². The number of hydrogen-bond donors (Lipinski definition) is 1. The van der Waals surface area contributed by atoms with Gasteiger partial charge in [0.2, 0.25) is 5.91 Å². The Kier molecular flexibility index (Phi) is 5.76. The maximum absolute atomic E-state index is 11.8. The number of carbonyl (C=O) groups is 1. The Hall–Kier alpha value is -0.0900. The van der Waals surface area contributed by atoms with Gasteiger partial charge in [0.25, 0.3) is 0 Å². The average Bonchev–Trinajstić information content (AvgIpc) is 2.77. The van der Waals surface area contributed by atoms with Crippen molar-refractivity contribution in [3.05, 3.63) is 0 Å². The van der Waals surface area contributed by atoms with Gasteiger partial charge < -0.3 is 10.1 Å². The van der Waals surface area contributed by atoms with Crippen LogP contribution in [0.1, 0.15) is 33.1 Å². The van der Waals surface area contributed by atoms with E-state index in [1.54, 1.807) is 0 Å². The highest BCUT2D eigenvalue weighted by Gasteiger charge is 2.25. The first kappa shape index (κ1) is 14.0. The molecule has 94 valence electrons. The molecule has 1 fully saturated rings. The van der Waals surface area contributed by atoms with Crippen LogP contribution in [0.3, 0.4) is 0 Å². The summed E-state index contributed by atoms with van der Waals surface area (Å²) in [6, 6.07) is 0. The molecule has 0 aromatic carbocycles. The maximum atomic E-state index is 11.8. The standard InChI is InChI=1S/C12H22BrNO2/c1-12(2,5-3-6-13)9-14-11(15)10-4-7-16-8-10/h10H,3-9H2,1-2H3,(H,14,15). The van der Waals surface area contributed by atoms with Gasteiger partial charge in [0, 0.05) is 18.5 Å². The van der Waals surface area contributed by atoms with Crippen LogP contribution in [0.2, 0.25) is 0 Å². The van der Waals surface area contributed by atoms with Crippen molar-refractivity contribution in [3.63, 3.8) is 0 Å². The molecule has 1 rings (SSSR count). The summed E-state index contributed by atoms with van der Waals surface area (Å²) >= 11 is 3.43. The Morgan fingerprint density at radius 1 is 1.56 bits per heavy atom. The molecule has 0 aromatic heterocycles. The fourth-order valence-corrected chi connectivity index (χ4v) is 2.13. The van der Waals surface area contributed by atoms with E-state index in [9.17, 15) is 4.79 Å². The zero-order valence-corrected chi connectivity index (χ0v) is 11.8. The fourth-order valence-electron chi connectivity index (χ4n) is 1.85. The molecule has 1 saturated heterocycles. The van der Waals surface area contributed by atoms with Crippen molar-refractivity contribution in [1.82, 2.24) is 5.32 Å². The predicted molar refractivity (Wildman–Crippen MR) is 68.7 cm³/mol. The second-order valence-corrected chi connectivity index (χ2v) is 6.03.